The number of nitrogens with one attached hydrogen (secondary N) is 2. The van der Waals surface area contributed by atoms with E-state index in [0.29, 0.717) is 25.2 Å². The van der Waals surface area contributed by atoms with Gasteiger partial charge in [0, 0.05) is 30.2 Å². The van der Waals surface area contributed by atoms with Crippen molar-refractivity contribution in [1.29, 1.82) is 0 Å². The molecule has 3 aromatic rings. The molecule has 1 fully saturated rings. The summed E-state index contributed by atoms with van der Waals surface area (Å²) in [6, 6.07) is 14.2. The van der Waals surface area contributed by atoms with Crippen LogP contribution in [0, 0.1) is 5.41 Å². The van der Waals surface area contributed by atoms with Crippen molar-refractivity contribution in [2.24, 2.45) is 5.41 Å². The minimum absolute atomic E-state index is 0.0191. The van der Waals surface area contributed by atoms with Crippen molar-refractivity contribution in [2.45, 2.75) is 39.2 Å². The molecule has 1 saturated heterocycles. The van der Waals surface area contributed by atoms with E-state index in [4.69, 9.17) is 0 Å². The quantitative estimate of drug-likeness (QED) is 0.610. The highest BCUT2D eigenvalue weighted by Crippen LogP contribution is 2.38. The number of carbonyl (C=O) groups excluding carboxylic acids is 2. The number of aromatic amines is 1. The Bertz CT molecular complexity index is 1030. The number of thiophene rings is 1. The summed E-state index contributed by atoms with van der Waals surface area (Å²) in [4.78, 5) is 29.5. The van der Waals surface area contributed by atoms with Gasteiger partial charge in [-0.2, -0.15) is 5.10 Å². The molecule has 0 spiro atoms. The van der Waals surface area contributed by atoms with Crippen LogP contribution in [0.15, 0.2) is 54.0 Å². The summed E-state index contributed by atoms with van der Waals surface area (Å²) < 4.78 is 0. The second kappa shape index (κ2) is 9.06. The molecule has 2 N–H and O–H groups in total. The van der Waals surface area contributed by atoms with E-state index in [9.17, 15) is 9.59 Å². The van der Waals surface area contributed by atoms with Crippen LogP contribution >= 0.6 is 11.3 Å². The van der Waals surface area contributed by atoms with Crippen molar-refractivity contribution in [3.63, 3.8) is 0 Å². The van der Waals surface area contributed by atoms with Crippen molar-refractivity contribution in [3.8, 4) is 10.4 Å². The summed E-state index contributed by atoms with van der Waals surface area (Å²) in [6.45, 7) is 4.98. The fourth-order valence-corrected chi connectivity index (χ4v) is 5.17. The highest BCUT2D eigenvalue weighted by atomic mass is 32.1. The molecule has 6 nitrogen and oxygen atoms in total. The van der Waals surface area contributed by atoms with Gasteiger partial charge in [-0.3, -0.25) is 14.7 Å². The molecule has 2 amide bonds. The second-order valence-electron chi connectivity index (χ2n) is 8.52. The normalized spacial score (nSPS) is 18.9. The van der Waals surface area contributed by atoms with Crippen LogP contribution in [0.5, 0.6) is 0 Å². The standard InChI is InChI=1S/C24H28N4O2S/c1-17(2)26-23(30)24(11-6-13-28(16-24)22(29)20-10-12-25-27-20)15-18-7-3-4-8-19(18)21-9-5-14-31-21/h3-5,7-10,12,14,17H,6,11,13,15-16H2,1-2H3,(H,25,27)(H,26,30)/t24-/m0/s1. The number of likely N-dealkylation sites (tertiary alicyclic amines) is 1. The zero-order valence-corrected chi connectivity index (χ0v) is 18.7. The van der Waals surface area contributed by atoms with Crippen LogP contribution in [-0.4, -0.2) is 46.0 Å². The first-order valence-corrected chi connectivity index (χ1v) is 11.6. The minimum Gasteiger partial charge on any atom is -0.353 e. The molecule has 162 valence electrons. The molecule has 0 bridgehead atoms. The number of carbonyl (C=O) groups is 2. The van der Waals surface area contributed by atoms with E-state index < -0.39 is 5.41 Å². The maximum Gasteiger partial charge on any atom is 0.271 e. The number of nitrogens with zero attached hydrogens (tertiary/aromatic N) is 2. The Morgan fingerprint density at radius 1 is 1.23 bits per heavy atom. The number of rotatable bonds is 6. The zero-order chi connectivity index (χ0) is 21.8. The Hall–Kier alpha value is -2.93. The van der Waals surface area contributed by atoms with E-state index >= 15 is 0 Å². The van der Waals surface area contributed by atoms with Gasteiger partial charge in [0.2, 0.25) is 5.91 Å². The first-order chi connectivity index (χ1) is 15.0. The van der Waals surface area contributed by atoms with E-state index in [1.54, 1.807) is 28.5 Å². The predicted molar refractivity (Wildman–Crippen MR) is 123 cm³/mol. The van der Waals surface area contributed by atoms with Gasteiger partial charge in [-0.05, 0) is 61.7 Å². The van der Waals surface area contributed by atoms with E-state index in [1.165, 1.54) is 4.88 Å². The molecule has 0 unspecified atom stereocenters. The summed E-state index contributed by atoms with van der Waals surface area (Å²) in [5, 5.41) is 11.9. The van der Waals surface area contributed by atoms with Crippen LogP contribution < -0.4 is 5.32 Å². The van der Waals surface area contributed by atoms with Gasteiger partial charge in [-0.1, -0.05) is 30.3 Å². The van der Waals surface area contributed by atoms with Crippen LogP contribution in [-0.2, 0) is 11.2 Å². The fraction of sp³-hybridized carbons (Fsp3) is 0.375. The lowest BCUT2D eigenvalue weighted by atomic mass is 9.73. The monoisotopic (exact) mass is 436 g/mol. The van der Waals surface area contributed by atoms with Crippen LogP contribution in [0.2, 0.25) is 0 Å². The van der Waals surface area contributed by atoms with Gasteiger partial charge in [0.05, 0.1) is 5.41 Å². The third-order valence-corrected chi connectivity index (χ3v) is 6.73. The highest BCUT2D eigenvalue weighted by molar-refractivity contribution is 7.13. The fourth-order valence-electron chi connectivity index (χ4n) is 4.39. The van der Waals surface area contributed by atoms with Gasteiger partial charge >= 0.3 is 0 Å². The average Bonchev–Trinajstić information content (AvgIpc) is 3.48. The molecule has 3 heterocycles. The molecule has 31 heavy (non-hydrogen) atoms. The summed E-state index contributed by atoms with van der Waals surface area (Å²) >= 11 is 1.70. The molecule has 1 atom stereocenters. The molecule has 2 aromatic heterocycles. The largest absolute Gasteiger partial charge is 0.353 e. The Balaban J connectivity index is 1.68. The number of benzene rings is 1. The van der Waals surface area contributed by atoms with Crippen molar-refractivity contribution in [2.75, 3.05) is 13.1 Å². The molecule has 1 aliphatic rings. The van der Waals surface area contributed by atoms with Crippen LogP contribution in [0.3, 0.4) is 0 Å². The molecule has 7 heteroatoms. The molecular formula is C24H28N4O2S. The Morgan fingerprint density at radius 2 is 2.06 bits per heavy atom. The lowest BCUT2D eigenvalue weighted by Crippen LogP contribution is -2.55. The number of piperidine rings is 1. The third-order valence-electron chi connectivity index (χ3n) is 5.83. The molecule has 0 aliphatic carbocycles. The average molecular weight is 437 g/mol. The van der Waals surface area contributed by atoms with Gasteiger partial charge in [0.15, 0.2) is 0 Å². The number of H-pyrrole nitrogens is 1. The summed E-state index contributed by atoms with van der Waals surface area (Å²) in [5.41, 5.74) is 2.08. The first kappa shape index (κ1) is 21.3. The Labute approximate surface area is 186 Å². The number of hydrogen-bond donors (Lipinski definition) is 2. The number of aromatic nitrogens is 2. The smallest absolute Gasteiger partial charge is 0.271 e. The van der Waals surface area contributed by atoms with Crippen LogP contribution in [0.1, 0.15) is 42.7 Å². The van der Waals surface area contributed by atoms with E-state index in [2.05, 4.69) is 39.1 Å². The van der Waals surface area contributed by atoms with E-state index in [-0.39, 0.29) is 17.9 Å². The molecule has 1 aliphatic heterocycles. The van der Waals surface area contributed by atoms with Crippen molar-refractivity contribution in [3.05, 3.63) is 65.3 Å². The molecular weight excluding hydrogens is 408 g/mol. The maximum absolute atomic E-state index is 13.5. The summed E-state index contributed by atoms with van der Waals surface area (Å²) in [6.07, 6.45) is 3.70. The van der Waals surface area contributed by atoms with Gasteiger partial charge in [0.25, 0.3) is 5.91 Å². The van der Waals surface area contributed by atoms with Gasteiger partial charge in [-0.25, -0.2) is 0 Å². The Morgan fingerprint density at radius 3 is 2.77 bits per heavy atom. The minimum atomic E-state index is -0.675. The zero-order valence-electron chi connectivity index (χ0n) is 17.9. The first-order valence-electron chi connectivity index (χ1n) is 10.7. The summed E-state index contributed by atoms with van der Waals surface area (Å²) in [5.74, 6) is -0.0870. The third kappa shape index (κ3) is 4.56. The second-order valence-corrected chi connectivity index (χ2v) is 9.47. The van der Waals surface area contributed by atoms with Crippen LogP contribution in [0.25, 0.3) is 10.4 Å². The molecule has 4 rings (SSSR count). The van der Waals surface area contributed by atoms with Gasteiger partial charge < -0.3 is 10.2 Å². The van der Waals surface area contributed by atoms with E-state index in [1.807, 2.05) is 32.0 Å². The highest BCUT2D eigenvalue weighted by Gasteiger charge is 2.44. The molecule has 1 aromatic carbocycles. The van der Waals surface area contributed by atoms with Crippen molar-refractivity contribution >= 4 is 23.2 Å². The SMILES string of the molecule is CC(C)NC(=O)[C@]1(Cc2ccccc2-c2cccs2)CCCN(C(=O)c2ccn[nH]2)C1. The maximum atomic E-state index is 13.5. The lowest BCUT2D eigenvalue weighted by Gasteiger charge is -2.42. The molecule has 0 saturated carbocycles. The molecule has 0 radical (unpaired) electrons. The topological polar surface area (TPSA) is 78.1 Å². The number of hydrogen-bond acceptors (Lipinski definition) is 4. The van der Waals surface area contributed by atoms with Gasteiger partial charge in [-0.15, -0.1) is 11.3 Å². The summed E-state index contributed by atoms with van der Waals surface area (Å²) in [7, 11) is 0. The van der Waals surface area contributed by atoms with Crippen LogP contribution in [0.4, 0.5) is 0 Å². The number of amides is 2. The van der Waals surface area contributed by atoms with Crippen molar-refractivity contribution in [1.82, 2.24) is 20.4 Å². The Kier molecular flexibility index (Phi) is 6.23. The van der Waals surface area contributed by atoms with Crippen molar-refractivity contribution < 1.29 is 9.59 Å². The van der Waals surface area contributed by atoms with Gasteiger partial charge in [0.1, 0.15) is 5.69 Å². The predicted octanol–water partition coefficient (Wildman–Crippen LogP) is 4.13. The lowest BCUT2D eigenvalue weighted by molar-refractivity contribution is -0.134. The van der Waals surface area contributed by atoms with E-state index in [0.717, 1.165) is 24.0 Å².